The van der Waals surface area contributed by atoms with Crippen molar-refractivity contribution in [2.45, 2.75) is 64.7 Å². The highest BCUT2D eigenvalue weighted by molar-refractivity contribution is 8.13. The van der Waals surface area contributed by atoms with Crippen LogP contribution in [0.1, 0.15) is 59.8 Å². The Morgan fingerprint density at radius 3 is 2.43 bits per heavy atom. The van der Waals surface area contributed by atoms with Crippen LogP contribution in [0.25, 0.3) is 0 Å². The molecule has 0 aliphatic rings. The Hall–Kier alpha value is -1.29. The second kappa shape index (κ2) is 10.5. The van der Waals surface area contributed by atoms with Gasteiger partial charge < -0.3 is 5.32 Å². The van der Waals surface area contributed by atoms with Crippen molar-refractivity contribution in [1.82, 2.24) is 0 Å². The number of rotatable bonds is 9. The van der Waals surface area contributed by atoms with Crippen LogP contribution in [0.3, 0.4) is 0 Å². The zero-order chi connectivity index (χ0) is 17.2. The molecule has 0 saturated carbocycles. The third kappa shape index (κ3) is 7.69. The first-order valence-corrected chi connectivity index (χ1v) is 9.34. The molecule has 3 nitrogen and oxygen atoms in total. The minimum absolute atomic E-state index is 0.0223. The van der Waals surface area contributed by atoms with Gasteiger partial charge in [-0.15, -0.1) is 0 Å². The molecule has 1 N–H and O–H groups in total. The second-order valence-electron chi connectivity index (χ2n) is 6.39. The van der Waals surface area contributed by atoms with Gasteiger partial charge in [0.15, 0.2) is 5.12 Å². The summed E-state index contributed by atoms with van der Waals surface area (Å²) in [5, 5.41) is 3.06. The van der Waals surface area contributed by atoms with Gasteiger partial charge in [-0.1, -0.05) is 63.9 Å². The van der Waals surface area contributed by atoms with Crippen LogP contribution in [0, 0.1) is 11.8 Å². The molecule has 128 valence electrons. The van der Waals surface area contributed by atoms with Crippen molar-refractivity contribution >= 4 is 28.5 Å². The molecule has 0 aliphatic carbocycles. The number of para-hydroxylation sites is 1. The summed E-state index contributed by atoms with van der Waals surface area (Å²) in [6, 6.07) is 7.50. The summed E-state index contributed by atoms with van der Waals surface area (Å²) in [5.41, 5.74) is 0.740. The van der Waals surface area contributed by atoms with Crippen LogP contribution in [0.5, 0.6) is 0 Å². The lowest BCUT2D eigenvalue weighted by Crippen LogP contribution is -2.23. The number of unbranched alkanes of at least 4 members (excludes halogenated alkanes) is 1. The molecule has 0 aliphatic heterocycles. The van der Waals surface area contributed by atoms with E-state index in [4.69, 9.17) is 0 Å². The van der Waals surface area contributed by atoms with Gasteiger partial charge in [0.25, 0.3) is 0 Å². The molecule has 23 heavy (non-hydrogen) atoms. The van der Waals surface area contributed by atoms with Gasteiger partial charge in [-0.05, 0) is 30.9 Å². The first-order chi connectivity index (χ1) is 10.9. The van der Waals surface area contributed by atoms with E-state index in [-0.39, 0.29) is 16.9 Å². The zero-order valence-corrected chi connectivity index (χ0v) is 15.5. The van der Waals surface area contributed by atoms with E-state index in [9.17, 15) is 9.59 Å². The summed E-state index contributed by atoms with van der Waals surface area (Å²) in [6.45, 7) is 8.06. The van der Waals surface area contributed by atoms with Gasteiger partial charge >= 0.3 is 0 Å². The van der Waals surface area contributed by atoms with Crippen LogP contribution in [-0.2, 0) is 9.59 Å². The molecular weight excluding hydrogens is 306 g/mol. The van der Waals surface area contributed by atoms with Gasteiger partial charge in [-0.25, -0.2) is 0 Å². The van der Waals surface area contributed by atoms with Crippen LogP contribution < -0.4 is 5.32 Å². The quantitative estimate of drug-likeness (QED) is 0.606. The number of amides is 1. The molecule has 1 aromatic carbocycles. The Labute approximate surface area is 144 Å². The highest BCUT2D eigenvalue weighted by atomic mass is 32.2. The maximum Gasteiger partial charge on any atom is 0.227 e. The average Bonchev–Trinajstić information content (AvgIpc) is 2.48. The Morgan fingerprint density at radius 2 is 1.83 bits per heavy atom. The van der Waals surface area contributed by atoms with Crippen LogP contribution >= 0.6 is 11.8 Å². The number of nitrogens with one attached hydrogen (secondary N) is 1. The van der Waals surface area contributed by atoms with E-state index in [2.05, 4.69) is 26.1 Å². The molecule has 0 spiro atoms. The summed E-state index contributed by atoms with van der Waals surface area (Å²) < 4.78 is 0. The highest BCUT2D eigenvalue weighted by Crippen LogP contribution is 2.29. The Bertz CT molecular complexity index is 514. The lowest BCUT2D eigenvalue weighted by molar-refractivity contribution is -0.120. The summed E-state index contributed by atoms with van der Waals surface area (Å²) >= 11 is 1.16. The van der Waals surface area contributed by atoms with E-state index in [1.165, 1.54) is 6.92 Å². The van der Waals surface area contributed by atoms with E-state index >= 15 is 0 Å². The number of benzene rings is 1. The summed E-state index contributed by atoms with van der Waals surface area (Å²) in [7, 11) is 0. The van der Waals surface area contributed by atoms with E-state index in [1.54, 1.807) is 0 Å². The van der Waals surface area contributed by atoms with Crippen LogP contribution in [0.2, 0.25) is 0 Å². The van der Waals surface area contributed by atoms with Gasteiger partial charge in [0.2, 0.25) is 5.91 Å². The number of carbonyl (C=O) groups excluding carboxylic acids is 2. The van der Waals surface area contributed by atoms with E-state index in [0.717, 1.165) is 54.4 Å². The molecule has 0 saturated heterocycles. The highest BCUT2D eigenvalue weighted by Gasteiger charge is 2.19. The fourth-order valence-corrected chi connectivity index (χ4v) is 3.13. The second-order valence-corrected chi connectivity index (χ2v) is 7.61. The SMILES string of the molecule is CCCCC(CCC(C)C)C(=O)Nc1ccccc1SC(C)=O. The van der Waals surface area contributed by atoms with E-state index in [0.29, 0.717) is 5.92 Å². The zero-order valence-electron chi connectivity index (χ0n) is 14.7. The molecule has 0 radical (unpaired) electrons. The van der Waals surface area contributed by atoms with Crippen molar-refractivity contribution in [3.63, 3.8) is 0 Å². The molecule has 1 rings (SSSR count). The first-order valence-electron chi connectivity index (χ1n) is 8.52. The molecule has 0 bridgehead atoms. The number of anilines is 1. The minimum atomic E-state index is 0.0223. The fourth-order valence-electron chi connectivity index (χ4n) is 2.44. The predicted octanol–water partition coefficient (Wildman–Crippen LogP) is 5.51. The van der Waals surface area contributed by atoms with Gasteiger partial charge in [0.1, 0.15) is 0 Å². The maximum absolute atomic E-state index is 12.7. The number of carbonyl (C=O) groups is 2. The lowest BCUT2D eigenvalue weighted by Gasteiger charge is -2.18. The number of hydrogen-bond acceptors (Lipinski definition) is 3. The maximum atomic E-state index is 12.7. The lowest BCUT2D eigenvalue weighted by atomic mass is 9.92. The van der Waals surface area contributed by atoms with Crippen LogP contribution in [0.4, 0.5) is 5.69 Å². The van der Waals surface area contributed by atoms with Crippen molar-refractivity contribution in [2.75, 3.05) is 5.32 Å². The summed E-state index contributed by atoms with van der Waals surface area (Å²) in [4.78, 5) is 24.8. The van der Waals surface area contributed by atoms with Crippen molar-refractivity contribution < 1.29 is 9.59 Å². The van der Waals surface area contributed by atoms with Crippen molar-refractivity contribution in [1.29, 1.82) is 0 Å². The smallest absolute Gasteiger partial charge is 0.227 e. The fraction of sp³-hybridized carbons (Fsp3) is 0.579. The first kappa shape index (κ1) is 19.8. The van der Waals surface area contributed by atoms with Crippen molar-refractivity contribution in [3.8, 4) is 0 Å². The molecule has 1 unspecified atom stereocenters. The third-order valence-corrected chi connectivity index (χ3v) is 4.63. The molecule has 0 fully saturated rings. The molecule has 0 aromatic heterocycles. The normalized spacial score (nSPS) is 12.2. The van der Waals surface area contributed by atoms with Crippen molar-refractivity contribution in [3.05, 3.63) is 24.3 Å². The Morgan fingerprint density at radius 1 is 1.13 bits per heavy atom. The third-order valence-electron chi connectivity index (χ3n) is 3.77. The largest absolute Gasteiger partial charge is 0.325 e. The summed E-state index contributed by atoms with van der Waals surface area (Å²) in [6.07, 6.45) is 5.08. The van der Waals surface area contributed by atoms with Crippen LogP contribution in [0.15, 0.2) is 29.2 Å². The van der Waals surface area contributed by atoms with E-state index < -0.39 is 0 Å². The monoisotopic (exact) mass is 335 g/mol. The minimum Gasteiger partial charge on any atom is -0.325 e. The van der Waals surface area contributed by atoms with Crippen molar-refractivity contribution in [2.24, 2.45) is 11.8 Å². The molecule has 0 heterocycles. The number of thioether (sulfide) groups is 1. The Kier molecular flexibility index (Phi) is 9.00. The van der Waals surface area contributed by atoms with Gasteiger partial charge in [-0.3, -0.25) is 9.59 Å². The van der Waals surface area contributed by atoms with Crippen LogP contribution in [-0.4, -0.2) is 11.0 Å². The standard InChI is InChI=1S/C19H29NO2S/c1-5-6-9-16(13-12-14(2)3)19(22)20-17-10-7-8-11-18(17)23-15(4)21/h7-8,10-11,14,16H,5-6,9,12-13H2,1-4H3,(H,20,22). The molecule has 1 aromatic rings. The average molecular weight is 336 g/mol. The van der Waals surface area contributed by atoms with E-state index in [1.807, 2.05) is 24.3 Å². The number of hydrogen-bond donors (Lipinski definition) is 1. The Balaban J connectivity index is 2.78. The topological polar surface area (TPSA) is 46.2 Å². The van der Waals surface area contributed by atoms with Gasteiger partial charge in [0.05, 0.1) is 5.69 Å². The van der Waals surface area contributed by atoms with Gasteiger partial charge in [-0.2, -0.15) is 0 Å². The predicted molar refractivity (Wildman–Crippen MR) is 98.7 cm³/mol. The van der Waals surface area contributed by atoms with Gasteiger partial charge in [0, 0.05) is 17.7 Å². The molecular formula is C19H29NO2S. The summed E-state index contributed by atoms with van der Waals surface area (Å²) in [5.74, 6) is 0.732. The molecule has 1 atom stereocenters. The molecule has 4 heteroatoms. The molecule has 1 amide bonds.